The number of hydrogen-bond acceptors (Lipinski definition) is 5. The number of methoxy groups -OCH3 is 1. The van der Waals surface area contributed by atoms with Crippen molar-refractivity contribution in [2.75, 3.05) is 26.8 Å². The van der Waals surface area contributed by atoms with Gasteiger partial charge in [0.15, 0.2) is 0 Å². The maximum Gasteiger partial charge on any atom is 0.326 e. The predicted octanol–water partition coefficient (Wildman–Crippen LogP) is -2.32. The second-order valence-electron chi connectivity index (χ2n) is 3.92. The largest absolute Gasteiger partial charge is 0.480 e. The number of hydrogen-bond donors (Lipinski definition) is 4. The Morgan fingerprint density at radius 1 is 1.61 bits per heavy atom. The van der Waals surface area contributed by atoms with Gasteiger partial charge in [0.05, 0.1) is 6.54 Å². The maximum absolute atomic E-state index is 11.8. The van der Waals surface area contributed by atoms with Crippen molar-refractivity contribution in [1.29, 1.82) is 0 Å². The molecule has 18 heavy (non-hydrogen) atoms. The van der Waals surface area contributed by atoms with Crippen molar-refractivity contribution < 1.29 is 24.2 Å². The first kappa shape index (κ1) is 14.4. The number of piperazine rings is 1. The fourth-order valence-corrected chi connectivity index (χ4v) is 1.52. The number of carboxylic acid groups (broad SMARTS) is 1. The van der Waals surface area contributed by atoms with Gasteiger partial charge in [0.2, 0.25) is 11.8 Å². The molecule has 0 bridgehead atoms. The summed E-state index contributed by atoms with van der Waals surface area (Å²) in [7, 11) is 1.46. The van der Waals surface area contributed by atoms with E-state index in [4.69, 9.17) is 9.84 Å². The van der Waals surface area contributed by atoms with E-state index in [9.17, 15) is 14.4 Å². The zero-order chi connectivity index (χ0) is 13.5. The summed E-state index contributed by atoms with van der Waals surface area (Å²) in [6, 6.07) is -1.59. The second kappa shape index (κ2) is 6.92. The first-order valence-electron chi connectivity index (χ1n) is 5.56. The molecule has 8 heteroatoms. The van der Waals surface area contributed by atoms with Crippen LogP contribution in [-0.4, -0.2) is 61.8 Å². The van der Waals surface area contributed by atoms with Crippen LogP contribution in [0.1, 0.15) is 6.42 Å². The maximum atomic E-state index is 11.8. The highest BCUT2D eigenvalue weighted by Gasteiger charge is 2.27. The Hall–Kier alpha value is -1.67. The van der Waals surface area contributed by atoms with Gasteiger partial charge in [0.1, 0.15) is 12.1 Å². The third kappa shape index (κ3) is 4.30. The van der Waals surface area contributed by atoms with Crippen LogP contribution < -0.4 is 16.0 Å². The Labute approximate surface area is 104 Å². The van der Waals surface area contributed by atoms with Crippen molar-refractivity contribution in [3.63, 3.8) is 0 Å². The molecule has 1 saturated heterocycles. The van der Waals surface area contributed by atoms with Gasteiger partial charge in [-0.15, -0.1) is 0 Å². The third-order valence-electron chi connectivity index (χ3n) is 2.55. The van der Waals surface area contributed by atoms with Gasteiger partial charge in [-0.3, -0.25) is 14.9 Å². The molecule has 1 aliphatic heterocycles. The second-order valence-corrected chi connectivity index (χ2v) is 3.92. The molecule has 8 nitrogen and oxygen atoms in total. The number of carboxylic acids is 1. The summed E-state index contributed by atoms with van der Waals surface area (Å²) in [4.78, 5) is 33.6. The lowest BCUT2D eigenvalue weighted by Gasteiger charge is -2.24. The van der Waals surface area contributed by atoms with Gasteiger partial charge in [-0.2, -0.15) is 0 Å². The normalized spacial score (nSPS) is 20.9. The van der Waals surface area contributed by atoms with Crippen LogP contribution in [0, 0.1) is 0 Å². The Balaban J connectivity index is 2.45. The van der Waals surface area contributed by atoms with Crippen molar-refractivity contribution in [3.05, 3.63) is 0 Å². The quantitative estimate of drug-likeness (QED) is 0.425. The van der Waals surface area contributed by atoms with E-state index in [1.807, 2.05) is 0 Å². The lowest BCUT2D eigenvalue weighted by molar-refractivity contribution is -0.143. The number of amides is 2. The third-order valence-corrected chi connectivity index (χ3v) is 2.55. The molecule has 1 fully saturated rings. The molecule has 0 spiro atoms. The predicted molar refractivity (Wildman–Crippen MR) is 60.9 cm³/mol. The van der Waals surface area contributed by atoms with Crippen LogP contribution in [0.2, 0.25) is 0 Å². The van der Waals surface area contributed by atoms with Gasteiger partial charge in [0.25, 0.3) is 0 Å². The SMILES string of the molecule is COCCC(NC(=O)C1CNC(=O)CN1)C(=O)O. The Morgan fingerprint density at radius 3 is 2.83 bits per heavy atom. The van der Waals surface area contributed by atoms with Crippen LogP contribution >= 0.6 is 0 Å². The lowest BCUT2D eigenvalue weighted by atomic mass is 10.1. The molecule has 2 atom stereocenters. The Bertz CT molecular complexity index is 323. The molecule has 0 radical (unpaired) electrons. The Kier molecular flexibility index (Phi) is 5.53. The lowest BCUT2D eigenvalue weighted by Crippen LogP contribution is -2.59. The monoisotopic (exact) mass is 259 g/mol. The topological polar surface area (TPSA) is 117 Å². The molecule has 0 aliphatic carbocycles. The van der Waals surface area contributed by atoms with Gasteiger partial charge < -0.3 is 20.5 Å². The van der Waals surface area contributed by atoms with Gasteiger partial charge in [-0.05, 0) is 0 Å². The van der Waals surface area contributed by atoms with Crippen molar-refractivity contribution in [2.24, 2.45) is 0 Å². The fourth-order valence-electron chi connectivity index (χ4n) is 1.52. The van der Waals surface area contributed by atoms with E-state index in [1.54, 1.807) is 0 Å². The zero-order valence-electron chi connectivity index (χ0n) is 10.1. The van der Waals surface area contributed by atoms with Gasteiger partial charge >= 0.3 is 5.97 Å². The van der Waals surface area contributed by atoms with Crippen molar-refractivity contribution in [3.8, 4) is 0 Å². The summed E-state index contributed by atoms with van der Waals surface area (Å²) in [5, 5.41) is 16.6. The first-order chi connectivity index (χ1) is 8.54. The van der Waals surface area contributed by atoms with Crippen LogP contribution in [0.3, 0.4) is 0 Å². The molecule has 102 valence electrons. The summed E-state index contributed by atoms with van der Waals surface area (Å²) in [5.41, 5.74) is 0. The molecule has 4 N–H and O–H groups in total. The smallest absolute Gasteiger partial charge is 0.326 e. The summed E-state index contributed by atoms with van der Waals surface area (Å²) >= 11 is 0. The van der Waals surface area contributed by atoms with Crippen LogP contribution in [-0.2, 0) is 19.1 Å². The molecule has 0 aromatic carbocycles. The average molecular weight is 259 g/mol. The van der Waals surface area contributed by atoms with Crippen LogP contribution in [0.4, 0.5) is 0 Å². The van der Waals surface area contributed by atoms with E-state index in [0.717, 1.165) is 0 Å². The van der Waals surface area contributed by atoms with Gasteiger partial charge in [-0.25, -0.2) is 4.79 Å². The highest BCUT2D eigenvalue weighted by Crippen LogP contribution is 1.96. The highest BCUT2D eigenvalue weighted by atomic mass is 16.5. The summed E-state index contributed by atoms with van der Waals surface area (Å²) in [6.45, 7) is 0.446. The molecule has 1 rings (SSSR count). The molecule has 2 unspecified atom stereocenters. The molecule has 2 amide bonds. The van der Waals surface area contributed by atoms with Crippen LogP contribution in [0.15, 0.2) is 0 Å². The zero-order valence-corrected chi connectivity index (χ0v) is 10.1. The number of nitrogens with one attached hydrogen (secondary N) is 3. The minimum atomic E-state index is -1.11. The summed E-state index contributed by atoms with van der Waals surface area (Å²) in [5.74, 6) is -1.74. The van der Waals surface area contributed by atoms with Crippen molar-refractivity contribution >= 4 is 17.8 Å². The van der Waals surface area contributed by atoms with Gasteiger partial charge in [-0.1, -0.05) is 0 Å². The average Bonchev–Trinajstić information content (AvgIpc) is 2.34. The van der Waals surface area contributed by atoms with E-state index >= 15 is 0 Å². The molecule has 1 aliphatic rings. The van der Waals surface area contributed by atoms with E-state index < -0.39 is 24.0 Å². The Morgan fingerprint density at radius 2 is 2.33 bits per heavy atom. The van der Waals surface area contributed by atoms with E-state index in [2.05, 4.69) is 16.0 Å². The molecular formula is C10H17N3O5. The summed E-state index contributed by atoms with van der Waals surface area (Å²) in [6.07, 6.45) is 0.191. The number of carbonyl (C=O) groups excluding carboxylic acids is 2. The number of aliphatic carboxylic acids is 1. The molecule has 0 aromatic heterocycles. The number of rotatable bonds is 6. The van der Waals surface area contributed by atoms with Crippen LogP contribution in [0.25, 0.3) is 0 Å². The number of ether oxygens (including phenoxy) is 1. The molecule has 0 aromatic rings. The molecule has 1 heterocycles. The van der Waals surface area contributed by atoms with E-state index in [1.165, 1.54) is 7.11 Å². The molecule has 0 saturated carbocycles. The van der Waals surface area contributed by atoms with E-state index in [-0.39, 0.29) is 32.0 Å². The standard InChI is InChI=1S/C10H17N3O5/c1-18-3-2-6(10(16)17)13-9(15)7-4-12-8(14)5-11-7/h6-7,11H,2-5H2,1H3,(H,12,14)(H,13,15)(H,16,17). The minimum absolute atomic E-state index is 0.0495. The van der Waals surface area contributed by atoms with Crippen molar-refractivity contribution in [1.82, 2.24) is 16.0 Å². The van der Waals surface area contributed by atoms with Crippen molar-refractivity contribution in [2.45, 2.75) is 18.5 Å². The minimum Gasteiger partial charge on any atom is -0.480 e. The van der Waals surface area contributed by atoms with E-state index in [0.29, 0.717) is 0 Å². The van der Waals surface area contributed by atoms with Crippen LogP contribution in [0.5, 0.6) is 0 Å². The molecular weight excluding hydrogens is 242 g/mol. The fraction of sp³-hybridized carbons (Fsp3) is 0.700. The first-order valence-corrected chi connectivity index (χ1v) is 5.56. The van der Waals surface area contributed by atoms with Gasteiger partial charge in [0, 0.05) is 26.7 Å². The highest BCUT2D eigenvalue weighted by molar-refractivity contribution is 5.89. The number of carbonyl (C=O) groups is 3. The summed E-state index contributed by atoms with van der Waals surface area (Å²) < 4.78 is 4.78.